The van der Waals surface area contributed by atoms with Crippen LogP contribution in [0.3, 0.4) is 0 Å². The highest BCUT2D eigenvalue weighted by Gasteiger charge is 2.45. The topological polar surface area (TPSA) is 118 Å². The minimum Gasteiger partial charge on any atom is -0.453 e. The van der Waals surface area contributed by atoms with E-state index in [0.717, 1.165) is 24.3 Å². The van der Waals surface area contributed by atoms with Crippen molar-refractivity contribution < 1.29 is 45.7 Å². The van der Waals surface area contributed by atoms with Gasteiger partial charge in [-0.25, -0.2) is 17.9 Å². The van der Waals surface area contributed by atoms with Gasteiger partial charge in [0, 0.05) is 13.1 Å². The summed E-state index contributed by atoms with van der Waals surface area (Å²) in [4.78, 5) is 16.0. The number of para-hydroxylation sites is 4. The van der Waals surface area contributed by atoms with Crippen molar-refractivity contribution in [2.75, 3.05) is 18.0 Å². The molecule has 43 heavy (non-hydrogen) atoms. The molecule has 0 spiro atoms. The maximum Gasteiger partial charge on any atom is 0.573 e. The second kappa shape index (κ2) is 11.2. The molecule has 0 radical (unpaired) electrons. The lowest BCUT2D eigenvalue weighted by Gasteiger charge is -2.48. The third-order valence-electron chi connectivity index (χ3n) is 6.76. The number of halogens is 3. The molecule has 1 fully saturated rings. The van der Waals surface area contributed by atoms with Crippen LogP contribution in [0, 0.1) is 0 Å². The Morgan fingerprint density at radius 2 is 1.49 bits per heavy atom. The van der Waals surface area contributed by atoms with Crippen LogP contribution in [0.2, 0.25) is 0 Å². The summed E-state index contributed by atoms with van der Waals surface area (Å²) in [6, 6.07) is 15.8. The van der Waals surface area contributed by atoms with Crippen LogP contribution in [0.1, 0.15) is 20.8 Å². The molecule has 5 rings (SSSR count). The second-order valence-electron chi connectivity index (χ2n) is 11.1. The first kappa shape index (κ1) is 30.4. The maximum absolute atomic E-state index is 13.4. The molecule has 230 valence electrons. The lowest BCUT2D eigenvalue weighted by molar-refractivity contribution is -0.274. The Morgan fingerprint density at radius 1 is 0.930 bits per heavy atom. The van der Waals surface area contributed by atoms with E-state index < -0.39 is 52.0 Å². The SMILES string of the molecule is CC(C)(C)OC(=O)N1C[C@H](NS(=O)(=O)c2ccc(OC(F)(F)F)cc2)[C@@H](O)[C@H](N2c3ccccc3Oc3ccccc32)C1. The highest BCUT2D eigenvalue weighted by atomic mass is 32.2. The minimum atomic E-state index is -4.94. The summed E-state index contributed by atoms with van der Waals surface area (Å²) in [7, 11) is -4.38. The van der Waals surface area contributed by atoms with Gasteiger partial charge in [-0.1, -0.05) is 24.3 Å². The van der Waals surface area contributed by atoms with E-state index in [1.54, 1.807) is 74.2 Å². The number of piperidine rings is 1. The molecule has 1 amide bonds. The van der Waals surface area contributed by atoms with E-state index in [2.05, 4.69) is 9.46 Å². The summed E-state index contributed by atoms with van der Waals surface area (Å²) >= 11 is 0. The molecule has 3 atom stereocenters. The molecule has 3 aromatic carbocycles. The van der Waals surface area contributed by atoms with Gasteiger partial charge in [-0.3, -0.25) is 0 Å². The van der Waals surface area contributed by atoms with Crippen LogP contribution < -0.4 is 19.1 Å². The molecular formula is C29H30F3N3O7S. The molecule has 1 saturated heterocycles. The first-order valence-corrected chi connectivity index (χ1v) is 14.8. The van der Waals surface area contributed by atoms with Crippen LogP contribution >= 0.6 is 0 Å². The summed E-state index contributed by atoms with van der Waals surface area (Å²) in [6.45, 7) is 4.82. The normalized spacial score (nSPS) is 20.5. The van der Waals surface area contributed by atoms with Gasteiger partial charge in [-0.2, -0.15) is 0 Å². The predicted octanol–water partition coefficient (Wildman–Crippen LogP) is 5.16. The molecule has 2 aliphatic rings. The first-order valence-electron chi connectivity index (χ1n) is 13.3. The molecule has 2 N–H and O–H groups in total. The van der Waals surface area contributed by atoms with Crippen LogP contribution in [-0.4, -0.2) is 67.8 Å². The molecule has 2 aliphatic heterocycles. The molecule has 2 heterocycles. The van der Waals surface area contributed by atoms with Gasteiger partial charge in [0.15, 0.2) is 11.5 Å². The highest BCUT2D eigenvalue weighted by Crippen LogP contribution is 2.48. The van der Waals surface area contributed by atoms with Crippen molar-refractivity contribution in [3.8, 4) is 17.2 Å². The summed E-state index contributed by atoms with van der Waals surface area (Å²) in [5.41, 5.74) is 0.340. The van der Waals surface area contributed by atoms with Crippen LogP contribution in [0.5, 0.6) is 17.2 Å². The van der Waals surface area contributed by atoms with Crippen molar-refractivity contribution >= 4 is 27.5 Å². The predicted molar refractivity (Wildman–Crippen MR) is 150 cm³/mol. The third kappa shape index (κ3) is 6.81. The molecule has 14 heteroatoms. The van der Waals surface area contributed by atoms with Crippen molar-refractivity contribution in [1.29, 1.82) is 0 Å². The number of amides is 1. The number of aliphatic hydroxyl groups is 1. The number of benzene rings is 3. The van der Waals surface area contributed by atoms with Crippen molar-refractivity contribution in [2.24, 2.45) is 0 Å². The molecule has 0 unspecified atom stereocenters. The summed E-state index contributed by atoms with van der Waals surface area (Å²) < 4.78 is 82.4. The van der Waals surface area contributed by atoms with E-state index in [1.807, 2.05) is 0 Å². The van der Waals surface area contributed by atoms with Crippen LogP contribution in [-0.2, 0) is 14.8 Å². The van der Waals surface area contributed by atoms with Gasteiger partial charge >= 0.3 is 12.5 Å². The van der Waals surface area contributed by atoms with Crippen LogP contribution in [0.4, 0.5) is 29.3 Å². The van der Waals surface area contributed by atoms with E-state index in [1.165, 1.54) is 4.90 Å². The average Bonchev–Trinajstić information content (AvgIpc) is 2.91. The van der Waals surface area contributed by atoms with Gasteiger partial charge in [-0.05, 0) is 69.3 Å². The lowest BCUT2D eigenvalue weighted by atomic mass is 9.94. The van der Waals surface area contributed by atoms with E-state index in [-0.39, 0.29) is 18.0 Å². The molecule has 10 nitrogen and oxygen atoms in total. The number of sulfonamides is 1. The van der Waals surface area contributed by atoms with Gasteiger partial charge in [0.05, 0.1) is 34.5 Å². The Bertz CT molecular complexity index is 1550. The van der Waals surface area contributed by atoms with Gasteiger partial charge in [0.25, 0.3) is 0 Å². The van der Waals surface area contributed by atoms with Crippen molar-refractivity contribution in [1.82, 2.24) is 9.62 Å². The molecule has 0 aliphatic carbocycles. The number of carbonyl (C=O) groups is 1. The van der Waals surface area contributed by atoms with Gasteiger partial charge < -0.3 is 29.1 Å². The van der Waals surface area contributed by atoms with Crippen molar-refractivity contribution in [3.63, 3.8) is 0 Å². The summed E-state index contributed by atoms with van der Waals surface area (Å²) in [6.07, 6.45) is -7.01. The fraction of sp³-hybridized carbons (Fsp3) is 0.345. The number of hydrogen-bond donors (Lipinski definition) is 2. The third-order valence-corrected chi connectivity index (χ3v) is 8.26. The van der Waals surface area contributed by atoms with E-state index in [0.29, 0.717) is 22.9 Å². The minimum absolute atomic E-state index is 0.0273. The number of alkyl halides is 3. The number of likely N-dealkylation sites (tertiary alicyclic amines) is 1. The maximum atomic E-state index is 13.4. The summed E-state index contributed by atoms with van der Waals surface area (Å²) in [5.74, 6) is 0.409. The highest BCUT2D eigenvalue weighted by molar-refractivity contribution is 7.89. The Morgan fingerprint density at radius 3 is 2.02 bits per heavy atom. The van der Waals surface area contributed by atoms with Crippen LogP contribution in [0.25, 0.3) is 0 Å². The zero-order valence-corrected chi connectivity index (χ0v) is 24.2. The van der Waals surface area contributed by atoms with E-state index in [9.17, 15) is 31.5 Å². The quantitative estimate of drug-likeness (QED) is 0.402. The monoisotopic (exact) mass is 621 g/mol. The number of hydrogen-bond acceptors (Lipinski definition) is 8. The molecule has 0 bridgehead atoms. The van der Waals surface area contributed by atoms with Crippen LogP contribution in [0.15, 0.2) is 77.7 Å². The molecule has 0 aromatic heterocycles. The van der Waals surface area contributed by atoms with Gasteiger partial charge in [0.1, 0.15) is 11.4 Å². The lowest BCUT2D eigenvalue weighted by Crippen LogP contribution is -2.66. The molecular weight excluding hydrogens is 591 g/mol. The average molecular weight is 622 g/mol. The number of nitrogens with zero attached hydrogens (tertiary/aromatic N) is 2. The first-order chi connectivity index (χ1) is 20.1. The fourth-order valence-electron chi connectivity index (χ4n) is 5.02. The standard InChI is InChI=1S/C29H30F3N3O7S/c1-28(2,3)42-27(37)34-16-20(33-43(38,39)19-14-12-18(13-15-19)41-29(30,31)32)26(36)23(17-34)35-21-8-4-6-10-24(21)40-25-11-7-5-9-22(25)35/h4-15,20,23,26,33,36H,16-17H2,1-3H3/t20-,23+,26+/m0/s1. The number of aliphatic hydroxyl groups excluding tert-OH is 1. The van der Waals surface area contributed by atoms with Gasteiger partial charge in [-0.15, -0.1) is 13.2 Å². The molecule has 3 aromatic rings. The van der Waals surface area contributed by atoms with Crippen molar-refractivity contribution in [3.05, 3.63) is 72.8 Å². The fourth-order valence-corrected chi connectivity index (χ4v) is 6.26. The number of carbonyl (C=O) groups excluding carboxylic acids is 1. The van der Waals surface area contributed by atoms with E-state index in [4.69, 9.17) is 9.47 Å². The Labute approximate surface area is 246 Å². The Kier molecular flexibility index (Phi) is 7.96. The number of ether oxygens (including phenoxy) is 3. The second-order valence-corrected chi connectivity index (χ2v) is 12.8. The summed E-state index contributed by atoms with van der Waals surface area (Å²) in [5, 5.41) is 11.7. The van der Waals surface area contributed by atoms with E-state index >= 15 is 0 Å². The number of rotatable bonds is 5. The van der Waals surface area contributed by atoms with Gasteiger partial charge in [0.2, 0.25) is 10.0 Å². The Hall–Kier alpha value is -4.01. The van der Waals surface area contributed by atoms with Crippen molar-refractivity contribution in [2.45, 2.75) is 55.8 Å². The zero-order chi connectivity index (χ0) is 31.2. The number of anilines is 2. The number of nitrogens with one attached hydrogen (secondary N) is 1. The number of fused-ring (bicyclic) bond motifs is 2. The smallest absolute Gasteiger partial charge is 0.453 e. The molecule has 0 saturated carbocycles. The zero-order valence-electron chi connectivity index (χ0n) is 23.4. The largest absolute Gasteiger partial charge is 0.573 e. The Balaban J connectivity index is 1.50.